The number of aromatic nitrogens is 3. The van der Waals surface area contributed by atoms with Crippen molar-refractivity contribution in [1.82, 2.24) is 15.1 Å². The van der Waals surface area contributed by atoms with Gasteiger partial charge in [0.05, 0.1) is 5.56 Å². The molecule has 0 amide bonds. The number of halogens is 1. The zero-order chi connectivity index (χ0) is 17.2. The maximum atomic E-state index is 12.2. The second-order valence-corrected chi connectivity index (χ2v) is 6.29. The normalized spacial score (nSPS) is 10.9. The van der Waals surface area contributed by atoms with Gasteiger partial charge in [-0.1, -0.05) is 21.1 Å². The van der Waals surface area contributed by atoms with E-state index in [4.69, 9.17) is 9.26 Å². The molecule has 7 heteroatoms. The number of hydrogen-bond donors (Lipinski definition) is 1. The number of aromatic amines is 1. The number of carbonyl (C=O) groups excluding carboxylic acids is 1. The molecule has 0 fully saturated rings. The second-order valence-electron chi connectivity index (χ2n) is 5.37. The van der Waals surface area contributed by atoms with Crippen LogP contribution in [-0.4, -0.2) is 21.1 Å². The third kappa shape index (κ3) is 3.32. The minimum absolute atomic E-state index is 0.0759. The first-order valence-electron chi connectivity index (χ1n) is 7.52. The molecular formula is C18H12BrN3O3. The van der Waals surface area contributed by atoms with Crippen molar-refractivity contribution < 1.29 is 14.1 Å². The topological polar surface area (TPSA) is 81.0 Å². The second kappa shape index (κ2) is 6.52. The first kappa shape index (κ1) is 15.6. The van der Waals surface area contributed by atoms with E-state index in [-0.39, 0.29) is 12.5 Å². The van der Waals surface area contributed by atoms with Gasteiger partial charge in [0.2, 0.25) is 5.82 Å². The lowest BCUT2D eigenvalue weighted by Gasteiger charge is -2.02. The van der Waals surface area contributed by atoms with Gasteiger partial charge in [-0.25, -0.2) is 4.79 Å². The number of esters is 1. The van der Waals surface area contributed by atoms with E-state index in [9.17, 15) is 4.79 Å². The highest BCUT2D eigenvalue weighted by molar-refractivity contribution is 9.10. The van der Waals surface area contributed by atoms with Crippen molar-refractivity contribution in [3.05, 3.63) is 70.7 Å². The maximum absolute atomic E-state index is 12.2. The lowest BCUT2D eigenvalue weighted by atomic mass is 10.1. The highest BCUT2D eigenvalue weighted by atomic mass is 79.9. The Morgan fingerprint density at radius 2 is 2.00 bits per heavy atom. The summed E-state index contributed by atoms with van der Waals surface area (Å²) in [6.07, 6.45) is 1.82. The molecule has 0 aliphatic heterocycles. The summed E-state index contributed by atoms with van der Waals surface area (Å²) in [7, 11) is 0. The summed E-state index contributed by atoms with van der Waals surface area (Å²) in [5, 5.41) is 4.85. The Balaban J connectivity index is 1.44. The first-order chi connectivity index (χ1) is 12.2. The number of rotatable bonds is 4. The van der Waals surface area contributed by atoms with Gasteiger partial charge < -0.3 is 14.2 Å². The molecule has 0 spiro atoms. The number of benzene rings is 2. The van der Waals surface area contributed by atoms with Crippen LogP contribution in [0.15, 0.2) is 63.7 Å². The number of nitrogens with zero attached hydrogens (tertiary/aromatic N) is 2. The monoisotopic (exact) mass is 397 g/mol. The largest absolute Gasteiger partial charge is 0.452 e. The van der Waals surface area contributed by atoms with Crippen LogP contribution < -0.4 is 0 Å². The lowest BCUT2D eigenvalue weighted by Crippen LogP contribution is -2.05. The Hall–Kier alpha value is -2.93. The summed E-state index contributed by atoms with van der Waals surface area (Å²) < 4.78 is 11.4. The Bertz CT molecular complexity index is 1040. The number of fused-ring (bicyclic) bond motifs is 1. The van der Waals surface area contributed by atoms with Crippen LogP contribution in [0.2, 0.25) is 0 Å². The number of hydrogen-bond acceptors (Lipinski definition) is 5. The van der Waals surface area contributed by atoms with Gasteiger partial charge in [0.1, 0.15) is 0 Å². The molecule has 0 aliphatic rings. The summed E-state index contributed by atoms with van der Waals surface area (Å²) >= 11 is 3.37. The Morgan fingerprint density at radius 1 is 1.16 bits per heavy atom. The Morgan fingerprint density at radius 3 is 2.84 bits per heavy atom. The number of ether oxygens (including phenoxy) is 1. The quantitative estimate of drug-likeness (QED) is 0.518. The molecule has 0 aliphatic carbocycles. The van der Waals surface area contributed by atoms with Crippen LogP contribution in [0.1, 0.15) is 16.2 Å². The highest BCUT2D eigenvalue weighted by Crippen LogP contribution is 2.20. The van der Waals surface area contributed by atoms with Gasteiger partial charge in [-0.15, -0.1) is 0 Å². The van der Waals surface area contributed by atoms with Crippen molar-refractivity contribution in [2.75, 3.05) is 0 Å². The fraction of sp³-hybridized carbons (Fsp3) is 0.0556. The van der Waals surface area contributed by atoms with E-state index in [2.05, 4.69) is 31.1 Å². The average molecular weight is 398 g/mol. The standard InChI is InChI=1S/C18H12BrN3O3/c19-14-4-1-11(2-5-14)17-21-16(25-22-17)10-24-18(23)13-3-6-15-12(9-13)7-8-20-15/h1-9,20H,10H2. The smallest absolute Gasteiger partial charge is 0.338 e. The SMILES string of the molecule is O=C(OCc1nc(-c2ccc(Br)cc2)no1)c1ccc2[nH]ccc2c1. The first-order valence-corrected chi connectivity index (χ1v) is 8.31. The molecular weight excluding hydrogens is 386 g/mol. The molecule has 4 rings (SSSR count). The van der Waals surface area contributed by atoms with E-state index in [0.29, 0.717) is 11.4 Å². The zero-order valence-corrected chi connectivity index (χ0v) is 14.5. The van der Waals surface area contributed by atoms with Gasteiger partial charge in [-0.2, -0.15) is 4.98 Å². The summed E-state index contributed by atoms with van der Waals surface area (Å²) in [6, 6.07) is 14.7. The van der Waals surface area contributed by atoms with E-state index in [1.54, 1.807) is 12.1 Å². The summed E-state index contributed by atoms with van der Waals surface area (Å²) in [4.78, 5) is 19.5. The molecule has 2 aromatic heterocycles. The third-order valence-corrected chi connectivity index (χ3v) is 4.21. The van der Waals surface area contributed by atoms with Crippen LogP contribution in [-0.2, 0) is 11.3 Å². The predicted molar refractivity (Wildman–Crippen MR) is 94.9 cm³/mol. The molecule has 0 bridgehead atoms. The van der Waals surface area contributed by atoms with E-state index in [0.717, 1.165) is 20.9 Å². The summed E-state index contributed by atoms with van der Waals surface area (Å²) in [5.41, 5.74) is 2.26. The van der Waals surface area contributed by atoms with E-state index in [1.165, 1.54) is 0 Å². The zero-order valence-electron chi connectivity index (χ0n) is 12.9. The maximum Gasteiger partial charge on any atom is 0.338 e. The number of carbonyl (C=O) groups is 1. The molecule has 0 radical (unpaired) electrons. The van der Waals surface area contributed by atoms with Crippen LogP contribution >= 0.6 is 15.9 Å². The number of nitrogens with one attached hydrogen (secondary N) is 1. The molecule has 0 saturated carbocycles. The average Bonchev–Trinajstić information content (AvgIpc) is 3.29. The minimum atomic E-state index is -0.438. The molecule has 2 aromatic carbocycles. The van der Waals surface area contributed by atoms with Crippen molar-refractivity contribution in [2.45, 2.75) is 6.61 Å². The lowest BCUT2D eigenvalue weighted by molar-refractivity contribution is 0.0430. The van der Waals surface area contributed by atoms with E-state index < -0.39 is 5.97 Å². The van der Waals surface area contributed by atoms with Gasteiger partial charge >= 0.3 is 5.97 Å². The molecule has 1 N–H and O–H groups in total. The van der Waals surface area contributed by atoms with Crippen LogP contribution in [0, 0.1) is 0 Å². The molecule has 124 valence electrons. The van der Waals surface area contributed by atoms with Crippen molar-refractivity contribution >= 4 is 32.8 Å². The molecule has 25 heavy (non-hydrogen) atoms. The summed E-state index contributed by atoms with van der Waals surface area (Å²) in [5.74, 6) is 0.257. The van der Waals surface area contributed by atoms with Crippen molar-refractivity contribution in [1.29, 1.82) is 0 Å². The molecule has 2 heterocycles. The Labute approximate surface area is 150 Å². The van der Waals surface area contributed by atoms with Gasteiger partial charge in [0.25, 0.3) is 5.89 Å². The molecule has 4 aromatic rings. The van der Waals surface area contributed by atoms with Crippen LogP contribution in [0.4, 0.5) is 0 Å². The molecule has 0 saturated heterocycles. The molecule has 0 atom stereocenters. The Kier molecular flexibility index (Phi) is 4.07. The van der Waals surface area contributed by atoms with Gasteiger partial charge in [0.15, 0.2) is 6.61 Å². The predicted octanol–water partition coefficient (Wildman–Crippen LogP) is 4.34. The minimum Gasteiger partial charge on any atom is -0.452 e. The van der Waals surface area contributed by atoms with Crippen molar-refractivity contribution in [3.63, 3.8) is 0 Å². The third-order valence-electron chi connectivity index (χ3n) is 3.69. The van der Waals surface area contributed by atoms with Crippen molar-refractivity contribution in [3.8, 4) is 11.4 Å². The van der Waals surface area contributed by atoms with Gasteiger partial charge in [-0.3, -0.25) is 0 Å². The molecule has 0 unspecified atom stereocenters. The summed E-state index contributed by atoms with van der Waals surface area (Å²) in [6.45, 7) is -0.0759. The van der Waals surface area contributed by atoms with Gasteiger partial charge in [0, 0.05) is 27.1 Å². The number of H-pyrrole nitrogens is 1. The fourth-order valence-electron chi connectivity index (χ4n) is 2.42. The van der Waals surface area contributed by atoms with Crippen LogP contribution in [0.25, 0.3) is 22.3 Å². The van der Waals surface area contributed by atoms with Crippen LogP contribution in [0.3, 0.4) is 0 Å². The van der Waals surface area contributed by atoms with Gasteiger partial charge in [-0.05, 0) is 48.5 Å². The van der Waals surface area contributed by atoms with E-state index in [1.807, 2.05) is 42.6 Å². The van der Waals surface area contributed by atoms with Crippen LogP contribution in [0.5, 0.6) is 0 Å². The fourth-order valence-corrected chi connectivity index (χ4v) is 2.68. The molecule has 6 nitrogen and oxygen atoms in total. The van der Waals surface area contributed by atoms with E-state index >= 15 is 0 Å². The highest BCUT2D eigenvalue weighted by Gasteiger charge is 2.13. The van der Waals surface area contributed by atoms with Crippen molar-refractivity contribution in [2.24, 2.45) is 0 Å².